The van der Waals surface area contributed by atoms with Crippen LogP contribution in [0.1, 0.15) is 50.1 Å². The van der Waals surface area contributed by atoms with Gasteiger partial charge in [-0.3, -0.25) is 14.2 Å². The van der Waals surface area contributed by atoms with E-state index >= 15 is 0 Å². The standard InChI is InChI=1S/C32H32N4O2/c37-31(34-23-13-5-2-6-14-23)29(20-19-22-11-3-1-4-12-22)36-28-18-10-9-17-27(28)35-30(32(36)38)25-21-33-26-16-8-7-15-24(25)26/h1,3-4,7-12,15-18,21,23,29,33H,2,5-6,13-14,19-20H2,(H,34,37). The molecular formula is C32H32N4O2. The Kier molecular flexibility index (Phi) is 6.78. The molecule has 1 aliphatic rings. The van der Waals surface area contributed by atoms with Gasteiger partial charge >= 0.3 is 0 Å². The van der Waals surface area contributed by atoms with Crippen LogP contribution in [-0.2, 0) is 11.2 Å². The van der Waals surface area contributed by atoms with E-state index in [0.717, 1.165) is 47.7 Å². The fourth-order valence-corrected chi connectivity index (χ4v) is 5.78. The first-order chi connectivity index (χ1) is 18.7. The zero-order valence-electron chi connectivity index (χ0n) is 21.4. The van der Waals surface area contributed by atoms with Gasteiger partial charge in [0.1, 0.15) is 11.7 Å². The summed E-state index contributed by atoms with van der Waals surface area (Å²) in [5.41, 5.74) is 4.33. The Labute approximate surface area is 221 Å². The van der Waals surface area contributed by atoms with Crippen LogP contribution in [0.3, 0.4) is 0 Å². The zero-order valence-corrected chi connectivity index (χ0v) is 21.4. The van der Waals surface area contributed by atoms with Gasteiger partial charge in [0.2, 0.25) is 5.91 Å². The number of aromatic nitrogens is 3. The van der Waals surface area contributed by atoms with E-state index in [0.29, 0.717) is 29.6 Å². The molecule has 1 unspecified atom stereocenters. The molecule has 1 amide bonds. The third kappa shape index (κ3) is 4.74. The lowest BCUT2D eigenvalue weighted by atomic mass is 9.95. The molecule has 0 bridgehead atoms. The molecule has 0 radical (unpaired) electrons. The predicted molar refractivity (Wildman–Crippen MR) is 152 cm³/mol. The number of nitrogens with one attached hydrogen (secondary N) is 2. The fourth-order valence-electron chi connectivity index (χ4n) is 5.78. The molecule has 0 saturated heterocycles. The highest BCUT2D eigenvalue weighted by Crippen LogP contribution is 2.28. The minimum atomic E-state index is -0.651. The van der Waals surface area contributed by atoms with Crippen LogP contribution in [0.5, 0.6) is 0 Å². The van der Waals surface area contributed by atoms with Crippen LogP contribution < -0.4 is 10.9 Å². The minimum absolute atomic E-state index is 0.0869. The normalized spacial score (nSPS) is 15.1. The van der Waals surface area contributed by atoms with E-state index < -0.39 is 6.04 Å². The van der Waals surface area contributed by atoms with Crippen LogP contribution in [0.4, 0.5) is 0 Å². The molecule has 192 valence electrons. The largest absolute Gasteiger partial charge is 0.360 e. The number of carbonyl (C=O) groups excluding carboxylic acids is 1. The Bertz CT molecular complexity index is 1630. The van der Waals surface area contributed by atoms with Gasteiger partial charge in [-0.2, -0.15) is 0 Å². The molecule has 6 heteroatoms. The summed E-state index contributed by atoms with van der Waals surface area (Å²) in [6.07, 6.45) is 8.50. The van der Waals surface area contributed by atoms with Crippen LogP contribution in [-0.4, -0.2) is 26.5 Å². The summed E-state index contributed by atoms with van der Waals surface area (Å²) in [5.74, 6) is -0.0869. The molecular weight excluding hydrogens is 472 g/mol. The summed E-state index contributed by atoms with van der Waals surface area (Å²) in [5, 5.41) is 4.24. The van der Waals surface area contributed by atoms with E-state index in [1.54, 1.807) is 4.57 Å². The van der Waals surface area contributed by atoms with Crippen LogP contribution in [0.25, 0.3) is 33.2 Å². The molecule has 2 aromatic heterocycles. The minimum Gasteiger partial charge on any atom is -0.360 e. The van der Waals surface area contributed by atoms with Gasteiger partial charge in [-0.25, -0.2) is 4.98 Å². The molecule has 5 aromatic rings. The summed E-state index contributed by atoms with van der Waals surface area (Å²) in [7, 11) is 0. The molecule has 2 N–H and O–H groups in total. The maximum Gasteiger partial charge on any atom is 0.278 e. The predicted octanol–water partition coefficient (Wildman–Crippen LogP) is 6.17. The number of hydrogen-bond donors (Lipinski definition) is 2. The van der Waals surface area contributed by atoms with Crippen molar-refractivity contribution >= 4 is 27.8 Å². The smallest absolute Gasteiger partial charge is 0.278 e. The molecule has 0 spiro atoms. The van der Waals surface area contributed by atoms with Gasteiger partial charge in [-0.15, -0.1) is 0 Å². The number of amides is 1. The van der Waals surface area contributed by atoms with Crippen molar-refractivity contribution in [2.24, 2.45) is 0 Å². The second-order valence-corrected chi connectivity index (χ2v) is 10.3. The van der Waals surface area contributed by atoms with E-state index in [1.165, 1.54) is 6.42 Å². The van der Waals surface area contributed by atoms with Crippen molar-refractivity contribution in [3.05, 3.63) is 101 Å². The first-order valence-corrected chi connectivity index (χ1v) is 13.6. The number of nitrogens with zero attached hydrogens (tertiary/aromatic N) is 2. The highest BCUT2D eigenvalue weighted by atomic mass is 16.2. The van der Waals surface area contributed by atoms with Gasteiger partial charge in [0.05, 0.1) is 11.0 Å². The molecule has 6 nitrogen and oxygen atoms in total. The van der Waals surface area contributed by atoms with Crippen molar-refractivity contribution in [2.75, 3.05) is 0 Å². The second kappa shape index (κ2) is 10.7. The van der Waals surface area contributed by atoms with Crippen molar-refractivity contribution in [2.45, 2.75) is 57.0 Å². The summed E-state index contributed by atoms with van der Waals surface area (Å²) >= 11 is 0. The lowest BCUT2D eigenvalue weighted by molar-refractivity contribution is -0.125. The number of fused-ring (bicyclic) bond motifs is 2. The van der Waals surface area contributed by atoms with Gasteiger partial charge in [-0.05, 0) is 49.4 Å². The van der Waals surface area contributed by atoms with Crippen LogP contribution in [0.2, 0.25) is 0 Å². The molecule has 1 aliphatic carbocycles. The van der Waals surface area contributed by atoms with E-state index in [2.05, 4.69) is 22.4 Å². The summed E-state index contributed by atoms with van der Waals surface area (Å²) < 4.78 is 1.69. The Morgan fingerprint density at radius 1 is 0.947 bits per heavy atom. The Balaban J connectivity index is 1.48. The van der Waals surface area contributed by atoms with Crippen molar-refractivity contribution < 1.29 is 4.79 Å². The Morgan fingerprint density at radius 2 is 1.68 bits per heavy atom. The fraction of sp³-hybridized carbons (Fsp3) is 0.281. The monoisotopic (exact) mass is 504 g/mol. The molecule has 38 heavy (non-hydrogen) atoms. The number of hydrogen-bond acceptors (Lipinski definition) is 3. The van der Waals surface area contributed by atoms with Gasteiger partial charge in [-0.1, -0.05) is 79.9 Å². The molecule has 0 aliphatic heterocycles. The third-order valence-corrected chi connectivity index (χ3v) is 7.75. The van der Waals surface area contributed by atoms with E-state index in [-0.39, 0.29) is 17.5 Å². The second-order valence-electron chi connectivity index (χ2n) is 10.3. The van der Waals surface area contributed by atoms with Crippen molar-refractivity contribution in [1.29, 1.82) is 0 Å². The average Bonchev–Trinajstić information content (AvgIpc) is 3.39. The van der Waals surface area contributed by atoms with Crippen LogP contribution in [0, 0.1) is 0 Å². The van der Waals surface area contributed by atoms with Crippen molar-refractivity contribution in [3.8, 4) is 11.3 Å². The number of H-pyrrole nitrogens is 1. The number of carbonyl (C=O) groups is 1. The molecule has 1 atom stereocenters. The number of rotatable bonds is 7. The summed E-state index contributed by atoms with van der Waals surface area (Å²) in [6.45, 7) is 0. The first kappa shape index (κ1) is 24.2. The van der Waals surface area contributed by atoms with Crippen LogP contribution in [0.15, 0.2) is 89.9 Å². The van der Waals surface area contributed by atoms with Crippen molar-refractivity contribution in [1.82, 2.24) is 19.9 Å². The maximum atomic E-state index is 14.3. The molecule has 2 heterocycles. The third-order valence-electron chi connectivity index (χ3n) is 7.75. The Morgan fingerprint density at radius 3 is 2.53 bits per heavy atom. The average molecular weight is 505 g/mol. The van der Waals surface area contributed by atoms with Gasteiger partial charge < -0.3 is 10.3 Å². The highest BCUT2D eigenvalue weighted by molar-refractivity contribution is 5.95. The van der Waals surface area contributed by atoms with Gasteiger partial charge in [0.25, 0.3) is 5.56 Å². The summed E-state index contributed by atoms with van der Waals surface area (Å²) in [4.78, 5) is 36.3. The lowest BCUT2D eigenvalue weighted by Crippen LogP contribution is -2.43. The SMILES string of the molecule is O=C(NC1CCCCC1)C(CCc1ccccc1)n1c(=O)c(-c2c[nH]c3ccccc23)nc2ccccc21. The first-order valence-electron chi connectivity index (χ1n) is 13.6. The lowest BCUT2D eigenvalue weighted by Gasteiger charge is -2.27. The molecule has 1 saturated carbocycles. The van der Waals surface area contributed by atoms with Gasteiger partial charge in [0.15, 0.2) is 0 Å². The van der Waals surface area contributed by atoms with Crippen molar-refractivity contribution in [3.63, 3.8) is 0 Å². The highest BCUT2D eigenvalue weighted by Gasteiger charge is 2.28. The van der Waals surface area contributed by atoms with E-state index in [9.17, 15) is 9.59 Å². The van der Waals surface area contributed by atoms with E-state index in [1.807, 2.05) is 72.9 Å². The van der Waals surface area contributed by atoms with Crippen LogP contribution >= 0.6 is 0 Å². The maximum absolute atomic E-state index is 14.3. The zero-order chi connectivity index (χ0) is 25.9. The van der Waals surface area contributed by atoms with Gasteiger partial charge in [0, 0.05) is 28.7 Å². The molecule has 1 fully saturated rings. The number of aryl methyl sites for hydroxylation is 1. The number of aromatic amines is 1. The number of benzene rings is 3. The number of para-hydroxylation sites is 3. The summed E-state index contributed by atoms with van der Waals surface area (Å²) in [6, 6.07) is 25.2. The quantitative estimate of drug-likeness (QED) is 0.278. The van der Waals surface area contributed by atoms with E-state index in [4.69, 9.17) is 4.98 Å². The topological polar surface area (TPSA) is 79.8 Å². The Hall–Kier alpha value is -4.19. The molecule has 6 rings (SSSR count). The molecule has 3 aromatic carbocycles.